The maximum absolute atomic E-state index is 12.0. The van der Waals surface area contributed by atoms with Crippen LogP contribution in [0.15, 0.2) is 0 Å². The van der Waals surface area contributed by atoms with Gasteiger partial charge in [-0.05, 0) is 45.2 Å². The first-order chi connectivity index (χ1) is 8.15. The second kappa shape index (κ2) is 5.83. The molecule has 2 fully saturated rings. The number of ether oxygens (including phenoxy) is 1. The van der Waals surface area contributed by atoms with E-state index in [9.17, 15) is 4.79 Å². The molecule has 0 aromatic rings. The van der Waals surface area contributed by atoms with Crippen LogP contribution in [0.3, 0.4) is 0 Å². The van der Waals surface area contributed by atoms with E-state index in [2.05, 4.69) is 24.2 Å². The number of piperidine rings is 2. The average Bonchev–Trinajstić information content (AvgIpc) is 2.32. The van der Waals surface area contributed by atoms with Gasteiger partial charge in [0.1, 0.15) is 12.1 Å². The molecule has 2 unspecified atom stereocenters. The van der Waals surface area contributed by atoms with Crippen LogP contribution < -0.4 is 5.32 Å². The standard InChI is InChI=1S/C13H24N2O2/c1-10-3-6-14-12(9-10)13(16)17-11-4-7-15(2)8-5-11/h10-12,14H,3-9H2,1-2H3. The number of nitrogens with one attached hydrogen (secondary N) is 1. The largest absolute Gasteiger partial charge is 0.461 e. The molecule has 17 heavy (non-hydrogen) atoms. The van der Waals surface area contributed by atoms with Crippen molar-refractivity contribution < 1.29 is 9.53 Å². The van der Waals surface area contributed by atoms with Crippen LogP contribution in [0.2, 0.25) is 0 Å². The van der Waals surface area contributed by atoms with E-state index in [0.29, 0.717) is 5.92 Å². The van der Waals surface area contributed by atoms with Gasteiger partial charge in [-0.15, -0.1) is 0 Å². The van der Waals surface area contributed by atoms with Gasteiger partial charge in [0, 0.05) is 13.1 Å². The Morgan fingerprint density at radius 1 is 1.29 bits per heavy atom. The van der Waals surface area contributed by atoms with Crippen LogP contribution in [-0.2, 0) is 9.53 Å². The van der Waals surface area contributed by atoms with Crippen LogP contribution in [-0.4, -0.2) is 49.7 Å². The van der Waals surface area contributed by atoms with Crippen molar-refractivity contribution in [1.82, 2.24) is 10.2 Å². The summed E-state index contributed by atoms with van der Waals surface area (Å²) in [5.41, 5.74) is 0. The molecule has 0 saturated carbocycles. The molecule has 2 heterocycles. The van der Waals surface area contributed by atoms with Gasteiger partial charge >= 0.3 is 5.97 Å². The number of rotatable bonds is 2. The van der Waals surface area contributed by atoms with Crippen molar-refractivity contribution >= 4 is 5.97 Å². The maximum atomic E-state index is 12.0. The second-order valence-corrected chi connectivity index (χ2v) is 5.58. The lowest BCUT2D eigenvalue weighted by molar-refractivity contribution is -0.154. The normalized spacial score (nSPS) is 32.4. The number of nitrogens with zero attached hydrogens (tertiary/aromatic N) is 1. The van der Waals surface area contributed by atoms with E-state index in [1.165, 1.54) is 0 Å². The molecule has 0 bridgehead atoms. The van der Waals surface area contributed by atoms with Crippen molar-refractivity contribution in [3.8, 4) is 0 Å². The predicted molar refractivity (Wildman–Crippen MR) is 66.8 cm³/mol. The molecule has 1 N–H and O–H groups in total. The molecule has 4 heteroatoms. The zero-order valence-corrected chi connectivity index (χ0v) is 10.9. The van der Waals surface area contributed by atoms with Crippen molar-refractivity contribution in [2.24, 2.45) is 5.92 Å². The highest BCUT2D eigenvalue weighted by molar-refractivity contribution is 5.76. The molecule has 2 rings (SSSR count). The fourth-order valence-electron chi connectivity index (χ4n) is 2.64. The molecule has 0 aliphatic carbocycles. The highest BCUT2D eigenvalue weighted by Gasteiger charge is 2.28. The van der Waals surface area contributed by atoms with Crippen LogP contribution in [0.1, 0.15) is 32.6 Å². The molecule has 2 aliphatic heterocycles. The number of hydrogen-bond acceptors (Lipinski definition) is 4. The van der Waals surface area contributed by atoms with Gasteiger partial charge in [0.2, 0.25) is 0 Å². The van der Waals surface area contributed by atoms with Gasteiger partial charge in [-0.25, -0.2) is 0 Å². The minimum absolute atomic E-state index is 0.0360. The summed E-state index contributed by atoms with van der Waals surface area (Å²) in [6, 6.07) is -0.0709. The van der Waals surface area contributed by atoms with Crippen LogP contribution in [0.25, 0.3) is 0 Å². The summed E-state index contributed by atoms with van der Waals surface area (Å²) in [4.78, 5) is 14.3. The quantitative estimate of drug-likeness (QED) is 0.732. The molecular formula is C13H24N2O2. The summed E-state index contributed by atoms with van der Waals surface area (Å²) in [7, 11) is 2.11. The predicted octanol–water partition coefficient (Wildman–Crippen LogP) is 1.01. The Morgan fingerprint density at radius 2 is 2.00 bits per heavy atom. The first kappa shape index (κ1) is 12.8. The first-order valence-corrected chi connectivity index (χ1v) is 6.77. The van der Waals surface area contributed by atoms with E-state index in [4.69, 9.17) is 4.74 Å². The number of hydrogen-bond donors (Lipinski definition) is 1. The Bertz CT molecular complexity index is 262. The van der Waals surface area contributed by atoms with Crippen LogP contribution >= 0.6 is 0 Å². The van der Waals surface area contributed by atoms with Crippen LogP contribution in [0, 0.1) is 5.92 Å². The topological polar surface area (TPSA) is 41.6 Å². The maximum Gasteiger partial charge on any atom is 0.323 e. The Balaban J connectivity index is 1.76. The smallest absolute Gasteiger partial charge is 0.323 e. The number of carbonyl (C=O) groups is 1. The zero-order valence-electron chi connectivity index (χ0n) is 10.9. The van der Waals surface area contributed by atoms with Gasteiger partial charge in [-0.1, -0.05) is 6.92 Å². The second-order valence-electron chi connectivity index (χ2n) is 5.58. The lowest BCUT2D eigenvalue weighted by Gasteiger charge is -2.31. The third kappa shape index (κ3) is 3.68. The summed E-state index contributed by atoms with van der Waals surface area (Å²) in [6.07, 6.45) is 4.18. The fraction of sp³-hybridized carbons (Fsp3) is 0.923. The fourth-order valence-corrected chi connectivity index (χ4v) is 2.64. The number of carbonyl (C=O) groups excluding carboxylic acids is 1. The lowest BCUT2D eigenvalue weighted by atomic mass is 9.94. The molecule has 4 nitrogen and oxygen atoms in total. The minimum atomic E-state index is -0.0709. The van der Waals surface area contributed by atoms with Gasteiger partial charge in [-0.2, -0.15) is 0 Å². The SMILES string of the molecule is CC1CCNC(C(=O)OC2CCN(C)CC2)C1. The average molecular weight is 240 g/mol. The van der Waals surface area contributed by atoms with Crippen LogP contribution in [0.4, 0.5) is 0 Å². The van der Waals surface area contributed by atoms with Crippen LogP contribution in [0.5, 0.6) is 0 Å². The number of esters is 1. The van der Waals surface area contributed by atoms with E-state index < -0.39 is 0 Å². The van der Waals surface area contributed by atoms with Gasteiger partial charge in [0.05, 0.1) is 0 Å². The third-order valence-electron chi connectivity index (χ3n) is 3.90. The molecule has 98 valence electrons. The summed E-state index contributed by atoms with van der Waals surface area (Å²) in [6.45, 7) is 5.21. The van der Waals surface area contributed by atoms with E-state index >= 15 is 0 Å². The van der Waals surface area contributed by atoms with E-state index in [0.717, 1.165) is 45.3 Å². The monoisotopic (exact) mass is 240 g/mol. The molecule has 2 aliphatic rings. The molecule has 0 amide bonds. The summed E-state index contributed by atoms with van der Waals surface area (Å²) >= 11 is 0. The van der Waals surface area contributed by atoms with Gasteiger partial charge < -0.3 is 15.0 Å². The lowest BCUT2D eigenvalue weighted by Crippen LogP contribution is -2.46. The molecule has 0 aromatic heterocycles. The van der Waals surface area contributed by atoms with E-state index in [1.54, 1.807) is 0 Å². The molecule has 0 spiro atoms. The molecule has 2 saturated heterocycles. The van der Waals surface area contributed by atoms with E-state index in [1.807, 2.05) is 0 Å². The Kier molecular flexibility index (Phi) is 4.40. The molecule has 0 radical (unpaired) electrons. The highest BCUT2D eigenvalue weighted by Crippen LogP contribution is 2.18. The van der Waals surface area contributed by atoms with Crippen molar-refractivity contribution in [2.75, 3.05) is 26.7 Å². The minimum Gasteiger partial charge on any atom is -0.461 e. The van der Waals surface area contributed by atoms with Crippen molar-refractivity contribution in [1.29, 1.82) is 0 Å². The van der Waals surface area contributed by atoms with Crippen molar-refractivity contribution in [3.63, 3.8) is 0 Å². The Labute approximate surface area is 104 Å². The Morgan fingerprint density at radius 3 is 2.65 bits per heavy atom. The van der Waals surface area contributed by atoms with Gasteiger partial charge in [0.15, 0.2) is 0 Å². The van der Waals surface area contributed by atoms with Gasteiger partial charge in [-0.3, -0.25) is 4.79 Å². The number of likely N-dealkylation sites (tertiary alicyclic amines) is 1. The molecule has 0 aromatic carbocycles. The molecular weight excluding hydrogens is 216 g/mol. The summed E-state index contributed by atoms with van der Waals surface area (Å²) in [5.74, 6) is 0.595. The highest BCUT2D eigenvalue weighted by atomic mass is 16.5. The van der Waals surface area contributed by atoms with Crippen molar-refractivity contribution in [3.05, 3.63) is 0 Å². The van der Waals surface area contributed by atoms with Gasteiger partial charge in [0.25, 0.3) is 0 Å². The summed E-state index contributed by atoms with van der Waals surface area (Å²) in [5, 5.41) is 3.26. The van der Waals surface area contributed by atoms with E-state index in [-0.39, 0.29) is 18.1 Å². The first-order valence-electron chi connectivity index (χ1n) is 6.77. The third-order valence-corrected chi connectivity index (χ3v) is 3.90. The van der Waals surface area contributed by atoms with Crippen molar-refractivity contribution in [2.45, 2.75) is 44.8 Å². The molecule has 2 atom stereocenters. The zero-order chi connectivity index (χ0) is 12.3. The summed E-state index contributed by atoms with van der Waals surface area (Å²) < 4.78 is 5.60. The Hall–Kier alpha value is -0.610.